The molecule has 0 atom stereocenters. The average molecular weight is 197 g/mol. The lowest BCUT2D eigenvalue weighted by Crippen LogP contribution is -2.34. The Hall–Kier alpha value is -0.570. The molecule has 0 aliphatic heterocycles. The minimum atomic E-state index is -0.0275. The van der Waals surface area contributed by atoms with E-state index in [0.29, 0.717) is 0 Å². The topological polar surface area (TPSA) is 50.4 Å². The van der Waals surface area contributed by atoms with Crippen molar-refractivity contribution < 1.29 is 0 Å². The maximum Gasteiger partial charge on any atom is 0.111 e. The molecule has 82 valence electrons. The van der Waals surface area contributed by atoms with Gasteiger partial charge in [-0.25, -0.2) is 5.84 Å². The first kappa shape index (κ1) is 11.5. The van der Waals surface area contributed by atoms with Crippen molar-refractivity contribution in [2.24, 2.45) is 16.8 Å². The van der Waals surface area contributed by atoms with E-state index in [1.165, 1.54) is 25.7 Å². The second-order valence-corrected chi connectivity index (χ2v) is 5.23. The number of hydrogen-bond donors (Lipinski definition) is 2. The van der Waals surface area contributed by atoms with Gasteiger partial charge in [-0.2, -0.15) is 0 Å². The van der Waals surface area contributed by atoms with Crippen molar-refractivity contribution in [3.05, 3.63) is 0 Å². The molecule has 0 saturated heterocycles. The van der Waals surface area contributed by atoms with Crippen LogP contribution in [0.2, 0.25) is 0 Å². The van der Waals surface area contributed by atoms with Crippen LogP contribution in [0.15, 0.2) is 4.99 Å². The Bertz CT molecular complexity index is 197. The summed E-state index contributed by atoms with van der Waals surface area (Å²) in [5.41, 5.74) is 2.71. The molecule has 1 aliphatic rings. The van der Waals surface area contributed by atoms with Gasteiger partial charge in [-0.15, -0.1) is 0 Å². The van der Waals surface area contributed by atoms with Crippen molar-refractivity contribution >= 4 is 5.84 Å². The maximum absolute atomic E-state index is 5.48. The van der Waals surface area contributed by atoms with E-state index in [-0.39, 0.29) is 5.54 Å². The SMILES string of the molecule is CC(C)(C)N=C(CC1CCCC1)NN. The van der Waals surface area contributed by atoms with Crippen LogP contribution in [0.25, 0.3) is 0 Å². The van der Waals surface area contributed by atoms with Gasteiger partial charge >= 0.3 is 0 Å². The van der Waals surface area contributed by atoms with Crippen molar-refractivity contribution in [2.75, 3.05) is 0 Å². The summed E-state index contributed by atoms with van der Waals surface area (Å²) in [4.78, 5) is 4.57. The zero-order valence-corrected chi connectivity index (χ0v) is 9.64. The minimum Gasteiger partial charge on any atom is -0.312 e. The van der Waals surface area contributed by atoms with Gasteiger partial charge in [0.2, 0.25) is 0 Å². The highest BCUT2D eigenvalue weighted by Gasteiger charge is 2.18. The first-order chi connectivity index (χ1) is 6.51. The Morgan fingerprint density at radius 2 is 1.93 bits per heavy atom. The van der Waals surface area contributed by atoms with Gasteiger partial charge in [0.1, 0.15) is 5.84 Å². The van der Waals surface area contributed by atoms with Gasteiger partial charge in [-0.05, 0) is 26.7 Å². The smallest absolute Gasteiger partial charge is 0.111 e. The zero-order chi connectivity index (χ0) is 10.6. The fourth-order valence-corrected chi connectivity index (χ4v) is 2.03. The Kier molecular flexibility index (Phi) is 3.93. The molecule has 0 bridgehead atoms. The van der Waals surface area contributed by atoms with Crippen molar-refractivity contribution in [1.82, 2.24) is 5.43 Å². The number of nitrogens with zero attached hydrogens (tertiary/aromatic N) is 1. The predicted molar refractivity (Wildman–Crippen MR) is 61.1 cm³/mol. The third-order valence-electron chi connectivity index (χ3n) is 2.59. The fourth-order valence-electron chi connectivity index (χ4n) is 2.03. The van der Waals surface area contributed by atoms with Gasteiger partial charge in [0.15, 0.2) is 0 Å². The van der Waals surface area contributed by atoms with E-state index >= 15 is 0 Å². The fraction of sp³-hybridized carbons (Fsp3) is 0.909. The molecule has 0 radical (unpaired) electrons. The number of nitrogens with two attached hydrogens (primary N) is 1. The van der Waals surface area contributed by atoms with Gasteiger partial charge in [0.25, 0.3) is 0 Å². The largest absolute Gasteiger partial charge is 0.312 e. The van der Waals surface area contributed by atoms with E-state index in [1.807, 2.05) is 0 Å². The molecule has 0 unspecified atom stereocenters. The normalized spacial score (nSPS) is 20.1. The Morgan fingerprint density at radius 1 is 1.36 bits per heavy atom. The van der Waals surface area contributed by atoms with E-state index in [9.17, 15) is 0 Å². The third-order valence-corrected chi connectivity index (χ3v) is 2.59. The van der Waals surface area contributed by atoms with Crippen LogP contribution in [-0.4, -0.2) is 11.4 Å². The lowest BCUT2D eigenvalue weighted by Gasteiger charge is -2.17. The molecule has 1 rings (SSSR count). The molecule has 1 fully saturated rings. The molecule has 1 saturated carbocycles. The van der Waals surface area contributed by atoms with E-state index in [0.717, 1.165) is 18.2 Å². The summed E-state index contributed by atoms with van der Waals surface area (Å²) in [6.07, 6.45) is 6.44. The second-order valence-electron chi connectivity index (χ2n) is 5.23. The van der Waals surface area contributed by atoms with Crippen LogP contribution in [0, 0.1) is 5.92 Å². The molecule has 14 heavy (non-hydrogen) atoms. The second kappa shape index (κ2) is 4.78. The summed E-state index contributed by atoms with van der Waals surface area (Å²) in [6, 6.07) is 0. The summed E-state index contributed by atoms with van der Waals surface area (Å²) in [7, 11) is 0. The van der Waals surface area contributed by atoms with E-state index < -0.39 is 0 Å². The number of amidine groups is 1. The Balaban J connectivity index is 2.49. The van der Waals surface area contributed by atoms with Gasteiger partial charge in [0, 0.05) is 6.42 Å². The number of hydrazine groups is 1. The summed E-state index contributed by atoms with van der Waals surface area (Å²) in [5.74, 6) is 7.24. The summed E-state index contributed by atoms with van der Waals surface area (Å²) in [6.45, 7) is 6.29. The number of rotatable bonds is 2. The standard InChI is InChI=1S/C11H23N3/c1-11(2,3)13-10(14-12)8-9-6-4-5-7-9/h9H,4-8,12H2,1-3H3,(H,13,14). The molecule has 0 aromatic rings. The van der Waals surface area contributed by atoms with Crippen LogP contribution >= 0.6 is 0 Å². The van der Waals surface area contributed by atoms with Gasteiger partial charge in [0.05, 0.1) is 5.54 Å². The summed E-state index contributed by atoms with van der Waals surface area (Å²) >= 11 is 0. The molecule has 0 aromatic carbocycles. The quantitative estimate of drug-likeness (QED) is 0.309. The molecule has 1 aliphatic carbocycles. The summed E-state index contributed by atoms with van der Waals surface area (Å²) in [5, 5.41) is 0. The Morgan fingerprint density at radius 3 is 2.36 bits per heavy atom. The molecule has 3 nitrogen and oxygen atoms in total. The van der Waals surface area contributed by atoms with Crippen LogP contribution in [0.4, 0.5) is 0 Å². The van der Waals surface area contributed by atoms with Crippen molar-refractivity contribution in [2.45, 2.75) is 58.4 Å². The average Bonchev–Trinajstić information content (AvgIpc) is 2.53. The van der Waals surface area contributed by atoms with E-state index in [1.54, 1.807) is 0 Å². The number of aliphatic imine (C=N–C) groups is 1. The maximum atomic E-state index is 5.48. The number of hydrogen-bond acceptors (Lipinski definition) is 2. The predicted octanol–water partition coefficient (Wildman–Crippen LogP) is 2.23. The summed E-state index contributed by atoms with van der Waals surface area (Å²) < 4.78 is 0. The monoisotopic (exact) mass is 197 g/mol. The van der Waals surface area contributed by atoms with Crippen molar-refractivity contribution in [3.63, 3.8) is 0 Å². The van der Waals surface area contributed by atoms with E-state index in [2.05, 4.69) is 31.2 Å². The van der Waals surface area contributed by atoms with Crippen LogP contribution in [-0.2, 0) is 0 Å². The van der Waals surface area contributed by atoms with Crippen molar-refractivity contribution in [1.29, 1.82) is 0 Å². The molecule has 0 heterocycles. The third kappa shape index (κ3) is 4.09. The molecule has 3 N–H and O–H groups in total. The highest BCUT2D eigenvalue weighted by molar-refractivity contribution is 5.82. The Labute approximate surface area is 87.1 Å². The van der Waals surface area contributed by atoms with Crippen LogP contribution in [0.3, 0.4) is 0 Å². The lowest BCUT2D eigenvalue weighted by molar-refractivity contribution is 0.541. The molecule has 0 aromatic heterocycles. The highest BCUT2D eigenvalue weighted by atomic mass is 15.3. The van der Waals surface area contributed by atoms with Crippen LogP contribution in [0.5, 0.6) is 0 Å². The van der Waals surface area contributed by atoms with Crippen LogP contribution < -0.4 is 11.3 Å². The minimum absolute atomic E-state index is 0.0275. The van der Waals surface area contributed by atoms with E-state index in [4.69, 9.17) is 5.84 Å². The molecule has 0 amide bonds. The molecule has 3 heteroatoms. The van der Waals surface area contributed by atoms with Crippen molar-refractivity contribution in [3.8, 4) is 0 Å². The van der Waals surface area contributed by atoms with Gasteiger partial charge < -0.3 is 5.43 Å². The first-order valence-electron chi connectivity index (χ1n) is 5.56. The van der Waals surface area contributed by atoms with Gasteiger partial charge in [-0.1, -0.05) is 25.7 Å². The zero-order valence-electron chi connectivity index (χ0n) is 9.64. The highest BCUT2D eigenvalue weighted by Crippen LogP contribution is 2.27. The molecule has 0 spiro atoms. The molecular formula is C11H23N3. The number of nitrogens with one attached hydrogen (secondary N) is 1. The molecular weight excluding hydrogens is 174 g/mol. The lowest BCUT2D eigenvalue weighted by atomic mass is 10.0. The van der Waals surface area contributed by atoms with Crippen LogP contribution in [0.1, 0.15) is 52.9 Å². The first-order valence-corrected chi connectivity index (χ1v) is 5.56. The van der Waals surface area contributed by atoms with Gasteiger partial charge in [-0.3, -0.25) is 4.99 Å².